The lowest BCUT2D eigenvalue weighted by Crippen LogP contribution is -2.44. The van der Waals surface area contributed by atoms with Crippen molar-refractivity contribution in [3.63, 3.8) is 0 Å². The molecule has 1 atom stereocenters. The van der Waals surface area contributed by atoms with Gasteiger partial charge in [0.05, 0.1) is 21.9 Å². The van der Waals surface area contributed by atoms with E-state index in [2.05, 4.69) is 15.9 Å². The Morgan fingerprint density at radius 2 is 1.59 bits per heavy atom. The van der Waals surface area contributed by atoms with Crippen LogP contribution in [0.2, 0.25) is 0 Å². The van der Waals surface area contributed by atoms with Gasteiger partial charge < -0.3 is 0 Å². The molecule has 1 fully saturated rings. The lowest BCUT2D eigenvalue weighted by atomic mass is 10.2. The molecule has 178 valence electrons. The Balaban J connectivity index is 1.71. The van der Waals surface area contributed by atoms with Crippen molar-refractivity contribution in [2.45, 2.75) is 28.8 Å². The third-order valence-corrected chi connectivity index (χ3v) is 9.39. The summed E-state index contributed by atoms with van der Waals surface area (Å²) in [6.07, 6.45) is -0.350. The van der Waals surface area contributed by atoms with Gasteiger partial charge in [-0.1, -0.05) is 22.0 Å². The Kier molecular flexibility index (Phi) is 6.77. The van der Waals surface area contributed by atoms with Crippen LogP contribution in [0.1, 0.15) is 11.3 Å². The molecular weight excluding hydrogens is 566 g/mol. The molecule has 4 rings (SSSR count). The van der Waals surface area contributed by atoms with Crippen molar-refractivity contribution >= 4 is 64.8 Å². The predicted molar refractivity (Wildman–Crippen MR) is 130 cm³/mol. The van der Waals surface area contributed by atoms with Crippen LogP contribution in [0, 0.1) is 0 Å². The summed E-state index contributed by atoms with van der Waals surface area (Å²) in [7, 11) is -8.10. The maximum absolute atomic E-state index is 13.6. The van der Waals surface area contributed by atoms with Gasteiger partial charge in [0.1, 0.15) is 6.04 Å². The molecule has 9 nitrogen and oxygen atoms in total. The third-order valence-electron chi connectivity index (χ3n) is 5.21. The number of rotatable bonds is 7. The Morgan fingerprint density at radius 1 is 0.971 bits per heavy atom. The van der Waals surface area contributed by atoms with Gasteiger partial charge >= 0.3 is 0 Å². The van der Waals surface area contributed by atoms with Gasteiger partial charge in [-0.15, -0.1) is 11.3 Å². The summed E-state index contributed by atoms with van der Waals surface area (Å²) in [4.78, 5) is 27.6. The molecule has 1 saturated heterocycles. The van der Waals surface area contributed by atoms with Gasteiger partial charge in [0.2, 0.25) is 26.0 Å². The zero-order valence-electron chi connectivity index (χ0n) is 17.4. The number of amides is 2. The van der Waals surface area contributed by atoms with E-state index in [4.69, 9.17) is 5.14 Å². The number of halogens is 1. The van der Waals surface area contributed by atoms with Gasteiger partial charge in [0.15, 0.2) is 0 Å². The summed E-state index contributed by atoms with van der Waals surface area (Å²) in [6.45, 7) is -0.0854. The number of thiophene rings is 1. The lowest BCUT2D eigenvalue weighted by molar-refractivity contribution is -0.122. The van der Waals surface area contributed by atoms with Crippen LogP contribution in [0.5, 0.6) is 0 Å². The van der Waals surface area contributed by atoms with Gasteiger partial charge in [0.25, 0.3) is 5.91 Å². The van der Waals surface area contributed by atoms with Crippen molar-refractivity contribution < 1.29 is 26.4 Å². The summed E-state index contributed by atoms with van der Waals surface area (Å²) in [5.41, 5.74) is 0.127. The maximum Gasteiger partial charge on any atom is 0.252 e. The van der Waals surface area contributed by atoms with Gasteiger partial charge in [-0.3, -0.25) is 9.59 Å². The molecule has 0 aliphatic carbocycles. The fourth-order valence-corrected chi connectivity index (χ4v) is 6.68. The highest BCUT2D eigenvalue weighted by molar-refractivity contribution is 9.10. The van der Waals surface area contributed by atoms with Crippen molar-refractivity contribution in [1.82, 2.24) is 4.31 Å². The molecule has 1 unspecified atom stereocenters. The molecule has 0 spiro atoms. The highest BCUT2D eigenvalue weighted by Gasteiger charge is 2.47. The van der Waals surface area contributed by atoms with Gasteiger partial charge in [-0.2, -0.15) is 4.31 Å². The molecule has 1 aromatic heterocycles. The Hall–Kier alpha value is -2.42. The first-order valence-corrected chi connectivity index (χ1v) is 14.4. The highest BCUT2D eigenvalue weighted by atomic mass is 79.9. The predicted octanol–water partition coefficient (Wildman–Crippen LogP) is 2.68. The summed E-state index contributed by atoms with van der Waals surface area (Å²) in [5.74, 6) is -1.31. The van der Waals surface area contributed by atoms with E-state index in [1.807, 2.05) is 0 Å². The minimum Gasteiger partial charge on any atom is -0.274 e. The first-order valence-electron chi connectivity index (χ1n) is 9.78. The molecule has 0 radical (unpaired) electrons. The summed E-state index contributed by atoms with van der Waals surface area (Å²) in [6, 6.07) is 13.2. The number of anilines is 1. The van der Waals surface area contributed by atoms with Gasteiger partial charge in [0, 0.05) is 15.9 Å². The van der Waals surface area contributed by atoms with E-state index in [9.17, 15) is 26.4 Å². The fraction of sp³-hybridized carbons (Fsp3) is 0.143. The molecule has 1 aliphatic heterocycles. The second kappa shape index (κ2) is 9.32. The van der Waals surface area contributed by atoms with E-state index in [1.54, 1.807) is 29.6 Å². The second-order valence-corrected chi connectivity index (χ2v) is 12.8. The van der Waals surface area contributed by atoms with Gasteiger partial charge in [-0.05, 0) is 60.0 Å². The van der Waals surface area contributed by atoms with Crippen LogP contribution in [0.25, 0.3) is 0 Å². The monoisotopic (exact) mass is 583 g/mol. The van der Waals surface area contributed by atoms with Crippen LogP contribution in [0.4, 0.5) is 5.69 Å². The smallest absolute Gasteiger partial charge is 0.252 e. The number of hydrogen-bond donors (Lipinski definition) is 1. The third kappa shape index (κ3) is 4.85. The molecule has 2 heterocycles. The number of hydrogen-bond acceptors (Lipinski definition) is 7. The molecular formula is C21H18BrN3O6S3. The SMILES string of the molecule is NS(=O)(=O)c1ccc(N2C(=O)CC(N(Cc3cccs3)S(=O)(=O)c3ccc(Br)cc3)C2=O)cc1. The lowest BCUT2D eigenvalue weighted by Gasteiger charge is -2.26. The number of carbonyl (C=O) groups is 2. The number of imide groups is 1. The zero-order valence-corrected chi connectivity index (χ0v) is 21.4. The molecule has 2 aromatic carbocycles. The number of primary sulfonamides is 1. The van der Waals surface area contributed by atoms with Crippen LogP contribution in [0.3, 0.4) is 0 Å². The van der Waals surface area contributed by atoms with E-state index in [0.717, 1.165) is 9.21 Å². The van der Waals surface area contributed by atoms with Crippen molar-refractivity contribution in [2.24, 2.45) is 5.14 Å². The van der Waals surface area contributed by atoms with E-state index in [0.29, 0.717) is 9.35 Å². The number of carbonyl (C=O) groups excluding carboxylic acids is 2. The molecule has 2 N–H and O–H groups in total. The first kappa shape index (κ1) is 24.7. The molecule has 3 aromatic rings. The number of benzene rings is 2. The summed E-state index contributed by atoms with van der Waals surface area (Å²) < 4.78 is 51.9. The second-order valence-electron chi connectivity index (χ2n) is 7.41. The standard InChI is InChI=1S/C21H18BrN3O6S3/c22-14-3-7-18(8-4-14)34(30,31)24(13-16-2-1-11-32-16)19-12-20(26)25(21(19)27)15-5-9-17(10-6-15)33(23,28)29/h1-11,19H,12-13H2,(H2,23,28,29). The molecule has 34 heavy (non-hydrogen) atoms. The molecule has 2 amide bonds. The number of sulfonamides is 2. The van der Waals surface area contributed by atoms with E-state index >= 15 is 0 Å². The van der Waals surface area contributed by atoms with Crippen LogP contribution >= 0.6 is 27.3 Å². The summed E-state index contributed by atoms with van der Waals surface area (Å²) in [5, 5.41) is 6.90. The van der Waals surface area contributed by atoms with E-state index in [-0.39, 0.29) is 28.4 Å². The molecule has 0 bridgehead atoms. The van der Waals surface area contributed by atoms with Crippen molar-refractivity contribution in [2.75, 3.05) is 4.90 Å². The van der Waals surface area contributed by atoms with Crippen molar-refractivity contribution in [3.8, 4) is 0 Å². The Morgan fingerprint density at radius 3 is 2.15 bits per heavy atom. The fourth-order valence-electron chi connectivity index (χ4n) is 3.56. The minimum atomic E-state index is -4.14. The van der Waals surface area contributed by atoms with Crippen LogP contribution in [0.15, 0.2) is 80.3 Å². The van der Waals surface area contributed by atoms with Crippen molar-refractivity contribution in [3.05, 3.63) is 75.4 Å². The average Bonchev–Trinajstić information content (AvgIpc) is 3.39. The Bertz CT molecular complexity index is 1440. The maximum atomic E-state index is 13.6. The molecule has 13 heteroatoms. The number of nitrogens with zero attached hydrogens (tertiary/aromatic N) is 2. The van der Waals surface area contributed by atoms with Crippen molar-refractivity contribution in [1.29, 1.82) is 0 Å². The van der Waals surface area contributed by atoms with E-state index in [1.165, 1.54) is 47.7 Å². The quantitative estimate of drug-likeness (QED) is 0.425. The van der Waals surface area contributed by atoms with Crippen LogP contribution < -0.4 is 10.0 Å². The molecule has 0 saturated carbocycles. The highest BCUT2D eigenvalue weighted by Crippen LogP contribution is 2.32. The molecule has 1 aliphatic rings. The summed E-state index contributed by atoms with van der Waals surface area (Å²) >= 11 is 4.61. The van der Waals surface area contributed by atoms with E-state index < -0.39 is 37.9 Å². The topological polar surface area (TPSA) is 135 Å². The van der Waals surface area contributed by atoms with Crippen LogP contribution in [-0.2, 0) is 36.2 Å². The normalized spacial score (nSPS) is 17.0. The van der Waals surface area contributed by atoms with Crippen LogP contribution in [-0.4, -0.2) is 39.0 Å². The average molecular weight is 584 g/mol. The minimum absolute atomic E-state index is 0.0107. The van der Waals surface area contributed by atoms with Gasteiger partial charge in [-0.25, -0.2) is 26.9 Å². The Labute approximate surface area is 209 Å². The largest absolute Gasteiger partial charge is 0.274 e. The number of nitrogens with two attached hydrogens (primary N) is 1. The zero-order chi connectivity index (χ0) is 24.7. The first-order chi connectivity index (χ1) is 16.0.